The molecule has 0 aliphatic carbocycles. The Hall–Kier alpha value is -1.50. The zero-order chi connectivity index (χ0) is 21.3. The molecule has 27 heavy (non-hydrogen) atoms. The summed E-state index contributed by atoms with van der Waals surface area (Å²) in [5.41, 5.74) is 0. The van der Waals surface area contributed by atoms with Crippen LogP contribution in [0.2, 0.25) is 0 Å². The molecule has 0 aliphatic rings. The third kappa shape index (κ3) is 7.56. The van der Waals surface area contributed by atoms with Crippen LogP contribution in [0.15, 0.2) is 0 Å². The molecule has 0 unspecified atom stereocenters. The van der Waals surface area contributed by atoms with Gasteiger partial charge < -0.3 is 0 Å². The molecule has 8 atom stereocenters. The van der Waals surface area contributed by atoms with Crippen molar-refractivity contribution in [2.45, 2.75) is 48.8 Å². The van der Waals surface area contributed by atoms with Crippen molar-refractivity contribution in [2.24, 2.45) is 0 Å². The van der Waals surface area contributed by atoms with Gasteiger partial charge in [0.25, 0.3) is 0 Å². The Morgan fingerprint density at radius 2 is 0.926 bits per heavy atom. The van der Waals surface area contributed by atoms with E-state index in [1.165, 1.54) is 0 Å². The van der Waals surface area contributed by atoms with Crippen LogP contribution in [-0.4, -0.2) is 130 Å². The molecule has 15 heteroatoms. The first kappa shape index (κ1) is 25.5. The van der Waals surface area contributed by atoms with Crippen LogP contribution in [0.4, 0.5) is 0 Å². The summed E-state index contributed by atoms with van der Waals surface area (Å²) >= 11 is -2.47. The van der Waals surface area contributed by atoms with E-state index in [-0.39, 0.29) is 12.6 Å². The fraction of sp³-hybridized carbons (Fsp3) is 0.667. The Balaban J connectivity index is 4.52. The summed E-state index contributed by atoms with van der Waals surface area (Å²) < 4.78 is 8.62. The van der Waals surface area contributed by atoms with Gasteiger partial charge in [-0.3, -0.25) is 0 Å². The standard InChI is InChI=1S/C12H18GeO14/c14-1-3(16)5(18)7(20)9(22)11(24)26-13-27-12(25)10(23)8(21)6(19)4(17)2-15/h1-10,16-23H/t3-,4-,5+,6+,7-,8-,9-,10-/m0/s1. The first-order valence-corrected chi connectivity index (χ1v) is 8.72. The molecule has 0 saturated heterocycles. The van der Waals surface area contributed by atoms with Crippen molar-refractivity contribution in [1.29, 1.82) is 0 Å². The van der Waals surface area contributed by atoms with Crippen molar-refractivity contribution in [3.8, 4) is 0 Å². The van der Waals surface area contributed by atoms with Crippen molar-refractivity contribution < 1.29 is 67.6 Å². The van der Waals surface area contributed by atoms with Gasteiger partial charge in [0, 0.05) is 0 Å². The van der Waals surface area contributed by atoms with Crippen molar-refractivity contribution >= 4 is 40.6 Å². The number of rotatable bonds is 12. The summed E-state index contributed by atoms with van der Waals surface area (Å²) in [5, 5.41) is 74.1. The molecule has 0 aliphatic heterocycles. The minimum absolute atomic E-state index is 0.162. The van der Waals surface area contributed by atoms with Crippen molar-refractivity contribution in [3.05, 3.63) is 0 Å². The molecular weight excluding hydrogens is 441 g/mol. The summed E-state index contributed by atoms with van der Waals surface area (Å²) in [6.45, 7) is 0. The summed E-state index contributed by atoms with van der Waals surface area (Å²) in [6.07, 6.45) is -18.4. The molecule has 0 saturated carbocycles. The molecule has 0 bridgehead atoms. The Labute approximate surface area is 157 Å². The molecule has 2 radical (unpaired) electrons. The van der Waals surface area contributed by atoms with Crippen LogP contribution in [0.3, 0.4) is 0 Å². The first-order chi connectivity index (χ1) is 12.5. The topological polar surface area (TPSA) is 249 Å². The number of carbonyl (C=O) groups excluding carboxylic acids is 4. The minimum atomic E-state index is -2.47. The number of aliphatic hydroxyl groups excluding tert-OH is 8. The van der Waals surface area contributed by atoms with Gasteiger partial charge in [0.05, 0.1) is 0 Å². The van der Waals surface area contributed by atoms with Crippen LogP contribution in [0, 0.1) is 0 Å². The Morgan fingerprint density at radius 1 is 0.630 bits per heavy atom. The molecule has 0 aromatic heterocycles. The average molecular weight is 459 g/mol. The molecule has 0 heterocycles. The second-order valence-electron chi connectivity index (χ2n) is 5.03. The van der Waals surface area contributed by atoms with Gasteiger partial charge in [-0.15, -0.1) is 0 Å². The summed E-state index contributed by atoms with van der Waals surface area (Å²) in [4.78, 5) is 43.4. The molecule has 154 valence electrons. The summed E-state index contributed by atoms with van der Waals surface area (Å²) in [6, 6.07) is 0. The van der Waals surface area contributed by atoms with Crippen LogP contribution in [-0.2, 0) is 26.7 Å². The van der Waals surface area contributed by atoms with Gasteiger partial charge in [0.1, 0.15) is 0 Å². The van der Waals surface area contributed by atoms with E-state index in [1.54, 1.807) is 0 Å². The van der Waals surface area contributed by atoms with Crippen molar-refractivity contribution in [1.82, 2.24) is 0 Å². The van der Waals surface area contributed by atoms with E-state index in [0.29, 0.717) is 0 Å². The summed E-state index contributed by atoms with van der Waals surface area (Å²) in [7, 11) is 0. The third-order valence-corrected chi connectivity index (χ3v) is 4.29. The zero-order valence-electron chi connectivity index (χ0n) is 13.3. The molecule has 0 spiro atoms. The van der Waals surface area contributed by atoms with Crippen LogP contribution in [0.25, 0.3) is 0 Å². The molecule has 0 amide bonds. The van der Waals surface area contributed by atoms with Gasteiger partial charge in [-0.25, -0.2) is 0 Å². The molecule has 14 nitrogen and oxygen atoms in total. The van der Waals surface area contributed by atoms with E-state index >= 15 is 0 Å². The number of aliphatic hydroxyl groups is 8. The number of aldehydes is 2. The molecule has 0 aromatic carbocycles. The zero-order valence-corrected chi connectivity index (χ0v) is 15.4. The van der Waals surface area contributed by atoms with Gasteiger partial charge in [-0.2, -0.15) is 0 Å². The van der Waals surface area contributed by atoms with E-state index in [4.69, 9.17) is 10.2 Å². The molecule has 0 aromatic rings. The maximum absolute atomic E-state index is 11.4. The predicted octanol–water partition coefficient (Wildman–Crippen LogP) is -7.11. The van der Waals surface area contributed by atoms with Crippen LogP contribution < -0.4 is 0 Å². The average Bonchev–Trinajstić information content (AvgIpc) is 2.68. The van der Waals surface area contributed by atoms with E-state index in [1.807, 2.05) is 0 Å². The molecule has 0 fully saturated rings. The van der Waals surface area contributed by atoms with E-state index in [0.717, 1.165) is 0 Å². The van der Waals surface area contributed by atoms with Crippen molar-refractivity contribution in [3.63, 3.8) is 0 Å². The molecule has 0 rings (SSSR count). The van der Waals surface area contributed by atoms with Gasteiger partial charge >= 0.3 is 157 Å². The van der Waals surface area contributed by atoms with Gasteiger partial charge in [0.15, 0.2) is 0 Å². The number of hydrogen-bond donors (Lipinski definition) is 8. The van der Waals surface area contributed by atoms with E-state index in [2.05, 4.69) is 7.53 Å². The second-order valence-corrected chi connectivity index (χ2v) is 6.24. The SMILES string of the molecule is O=C[C@H](O)[C@@H](O)[C@H](O)[C@H](O)C(=O)[O][Ge][O]C(=O)[C@@H](O)[C@@H](O)[C@H](O)[C@@H](O)C=O. The Bertz CT molecular complexity index is 470. The quantitative estimate of drug-likeness (QED) is 0.0998. The monoisotopic (exact) mass is 460 g/mol. The van der Waals surface area contributed by atoms with E-state index < -0.39 is 76.9 Å². The maximum atomic E-state index is 11.4. The Morgan fingerprint density at radius 3 is 1.19 bits per heavy atom. The van der Waals surface area contributed by atoms with Crippen LogP contribution in [0.5, 0.6) is 0 Å². The normalized spacial score (nSPS) is 20.1. The number of carbonyl (C=O) groups is 4. The van der Waals surface area contributed by atoms with Gasteiger partial charge in [-0.1, -0.05) is 0 Å². The fourth-order valence-corrected chi connectivity index (χ4v) is 2.38. The first-order valence-electron chi connectivity index (χ1n) is 7.01. The van der Waals surface area contributed by atoms with E-state index in [9.17, 15) is 49.8 Å². The van der Waals surface area contributed by atoms with Crippen LogP contribution in [0.1, 0.15) is 0 Å². The van der Waals surface area contributed by atoms with Gasteiger partial charge in [-0.05, 0) is 0 Å². The predicted molar refractivity (Wildman–Crippen MR) is 78.1 cm³/mol. The molecule has 8 N–H and O–H groups in total. The summed E-state index contributed by atoms with van der Waals surface area (Å²) in [5.74, 6) is -3.20. The Kier molecular flexibility index (Phi) is 11.4. The third-order valence-electron chi connectivity index (χ3n) is 3.09. The van der Waals surface area contributed by atoms with Crippen molar-refractivity contribution in [2.75, 3.05) is 0 Å². The number of hydrogen-bond acceptors (Lipinski definition) is 14. The second kappa shape index (κ2) is 12.1. The van der Waals surface area contributed by atoms with Gasteiger partial charge in [0.2, 0.25) is 0 Å². The molecular formula is C12H18GeO14. The fourth-order valence-electron chi connectivity index (χ4n) is 1.44. The van der Waals surface area contributed by atoms with Crippen LogP contribution >= 0.6 is 0 Å².